The first-order valence-corrected chi connectivity index (χ1v) is 5.85. The van der Waals surface area contributed by atoms with Crippen molar-refractivity contribution in [3.8, 4) is 0 Å². The summed E-state index contributed by atoms with van der Waals surface area (Å²) in [4.78, 5) is 1.43. The van der Waals surface area contributed by atoms with Crippen LogP contribution in [0.4, 0.5) is 0 Å². The average molecular weight is 238 g/mol. The van der Waals surface area contributed by atoms with E-state index in [-0.39, 0.29) is 0 Å². The zero-order chi connectivity index (χ0) is 12.0. The van der Waals surface area contributed by atoms with E-state index in [0.717, 1.165) is 13.1 Å². The molecule has 0 fully saturated rings. The Labute approximate surface area is 103 Å². The fourth-order valence-corrected chi connectivity index (χ4v) is 1.53. The first-order chi connectivity index (χ1) is 7.61. The number of thiocarbonyl (C=S) groups is 1. The number of benzene rings is 1. The summed E-state index contributed by atoms with van der Waals surface area (Å²) in [5, 5.41) is 6.70. The summed E-state index contributed by atoms with van der Waals surface area (Å²) in [5.41, 5.74) is 2.61. The quantitative estimate of drug-likeness (QED) is 0.641. The summed E-state index contributed by atoms with van der Waals surface area (Å²) in [6.45, 7) is 1.83. The van der Waals surface area contributed by atoms with E-state index in [9.17, 15) is 0 Å². The molecular weight excluding hydrogens is 218 g/mol. The molecule has 1 aromatic rings. The van der Waals surface area contributed by atoms with Crippen molar-refractivity contribution in [3.63, 3.8) is 0 Å². The molecule has 0 saturated heterocycles. The Morgan fingerprint density at radius 3 is 2.25 bits per heavy atom. The molecule has 0 saturated carbocycles. The molecule has 3 nitrogen and oxygen atoms in total. The summed E-state index contributed by atoms with van der Waals surface area (Å²) >= 11 is 5.01. The Balaban J connectivity index is 2.48. The smallest absolute Gasteiger partial charge is 0.166 e. The summed E-state index contributed by atoms with van der Waals surface area (Å²) in [7, 11) is 6.12. The number of rotatable bonds is 4. The van der Waals surface area contributed by atoms with Gasteiger partial charge in [-0.2, -0.15) is 0 Å². The maximum absolute atomic E-state index is 5.01. The molecule has 4 heteroatoms. The average Bonchev–Trinajstić information content (AvgIpc) is 2.27. The third-order valence-electron chi connectivity index (χ3n) is 2.26. The highest BCUT2D eigenvalue weighted by atomic mass is 32.1. The highest BCUT2D eigenvalue weighted by Gasteiger charge is 1.99. The van der Waals surface area contributed by atoms with E-state index >= 15 is 0 Å². The van der Waals surface area contributed by atoms with Gasteiger partial charge in [-0.1, -0.05) is 24.3 Å². The molecular formula is C12H20N3S+. The van der Waals surface area contributed by atoms with Gasteiger partial charge >= 0.3 is 0 Å². The maximum atomic E-state index is 5.01. The highest BCUT2D eigenvalue weighted by Crippen LogP contribution is 2.02. The van der Waals surface area contributed by atoms with Crippen molar-refractivity contribution in [3.05, 3.63) is 35.4 Å². The second-order valence-electron chi connectivity index (χ2n) is 4.13. The van der Waals surface area contributed by atoms with Crippen LogP contribution in [0.1, 0.15) is 11.1 Å². The van der Waals surface area contributed by atoms with Crippen LogP contribution in [0.5, 0.6) is 0 Å². The minimum absolute atomic E-state index is 0.682. The maximum Gasteiger partial charge on any atom is 0.166 e. The number of hydrogen-bond donors (Lipinski definition) is 3. The van der Waals surface area contributed by atoms with E-state index in [1.165, 1.54) is 16.0 Å². The normalized spacial score (nSPS) is 10.2. The van der Waals surface area contributed by atoms with E-state index in [2.05, 4.69) is 49.0 Å². The van der Waals surface area contributed by atoms with Crippen LogP contribution in [-0.4, -0.2) is 26.3 Å². The number of quaternary nitrogens is 1. The number of hydrogen-bond acceptors (Lipinski definition) is 1. The molecule has 0 aliphatic heterocycles. The predicted octanol–water partition coefficient (Wildman–Crippen LogP) is -0.0750. The van der Waals surface area contributed by atoms with Crippen molar-refractivity contribution in [2.45, 2.75) is 13.1 Å². The van der Waals surface area contributed by atoms with Crippen LogP contribution in [-0.2, 0) is 13.1 Å². The minimum atomic E-state index is 0.682. The van der Waals surface area contributed by atoms with Crippen LogP contribution in [0.2, 0.25) is 0 Å². The Morgan fingerprint density at radius 2 is 1.75 bits per heavy atom. The first kappa shape index (κ1) is 12.9. The van der Waals surface area contributed by atoms with Crippen molar-refractivity contribution in [1.29, 1.82) is 0 Å². The van der Waals surface area contributed by atoms with Crippen molar-refractivity contribution >= 4 is 17.3 Å². The van der Waals surface area contributed by atoms with E-state index in [1.807, 2.05) is 7.05 Å². The van der Waals surface area contributed by atoms with Gasteiger partial charge in [-0.25, -0.2) is 0 Å². The molecule has 0 aromatic heterocycles. The van der Waals surface area contributed by atoms with Crippen molar-refractivity contribution in [2.24, 2.45) is 0 Å². The summed E-state index contributed by atoms with van der Waals surface area (Å²) in [5.74, 6) is 0. The van der Waals surface area contributed by atoms with Crippen LogP contribution >= 0.6 is 12.2 Å². The summed E-state index contributed by atoms with van der Waals surface area (Å²) in [6, 6.07) is 8.63. The van der Waals surface area contributed by atoms with Gasteiger partial charge < -0.3 is 15.5 Å². The van der Waals surface area contributed by atoms with Gasteiger partial charge in [-0.15, -0.1) is 0 Å². The molecule has 1 aromatic carbocycles. The van der Waals surface area contributed by atoms with E-state index < -0.39 is 0 Å². The lowest BCUT2D eigenvalue weighted by Crippen LogP contribution is -3.04. The predicted molar refractivity (Wildman–Crippen MR) is 71.5 cm³/mol. The molecule has 0 unspecified atom stereocenters. The lowest BCUT2D eigenvalue weighted by Gasteiger charge is -2.09. The van der Waals surface area contributed by atoms with Crippen LogP contribution in [0.3, 0.4) is 0 Å². The lowest BCUT2D eigenvalue weighted by atomic mass is 10.1. The third kappa shape index (κ3) is 4.59. The van der Waals surface area contributed by atoms with E-state index in [1.54, 1.807) is 0 Å². The standard InChI is InChI=1S/C12H19N3S/c1-13-12(16)14-8-10-4-6-11(7-5-10)9-15(2)3/h4-7H,8-9H2,1-3H3,(H2,13,14,16)/p+1. The molecule has 3 N–H and O–H groups in total. The van der Waals surface area contributed by atoms with Gasteiger partial charge in [0.1, 0.15) is 6.54 Å². The van der Waals surface area contributed by atoms with Crippen LogP contribution in [0, 0.1) is 0 Å². The molecule has 0 atom stereocenters. The van der Waals surface area contributed by atoms with Crippen LogP contribution in [0.15, 0.2) is 24.3 Å². The molecule has 0 aliphatic rings. The SMILES string of the molecule is CNC(=S)NCc1ccc(C[NH+](C)C)cc1. The van der Waals surface area contributed by atoms with Crippen LogP contribution < -0.4 is 15.5 Å². The summed E-state index contributed by atoms with van der Waals surface area (Å²) in [6.07, 6.45) is 0. The molecule has 0 radical (unpaired) electrons. The molecule has 0 heterocycles. The topological polar surface area (TPSA) is 28.5 Å². The van der Waals surface area contributed by atoms with Gasteiger partial charge in [0.15, 0.2) is 5.11 Å². The van der Waals surface area contributed by atoms with Crippen molar-refractivity contribution in [1.82, 2.24) is 10.6 Å². The number of nitrogens with one attached hydrogen (secondary N) is 3. The second-order valence-corrected chi connectivity index (χ2v) is 4.54. The van der Waals surface area contributed by atoms with Gasteiger partial charge in [-0.05, 0) is 17.8 Å². The fraction of sp³-hybridized carbons (Fsp3) is 0.417. The van der Waals surface area contributed by atoms with E-state index in [0.29, 0.717) is 5.11 Å². The monoisotopic (exact) mass is 238 g/mol. The molecule has 0 amide bonds. The molecule has 0 bridgehead atoms. The van der Waals surface area contributed by atoms with Gasteiger partial charge in [-0.3, -0.25) is 0 Å². The Hall–Kier alpha value is -1.13. The Kier molecular flexibility index (Phi) is 5.22. The van der Waals surface area contributed by atoms with Crippen LogP contribution in [0.25, 0.3) is 0 Å². The zero-order valence-electron chi connectivity index (χ0n) is 10.1. The largest absolute Gasteiger partial charge is 0.366 e. The Bertz CT molecular complexity index is 333. The second kappa shape index (κ2) is 6.45. The minimum Gasteiger partial charge on any atom is -0.366 e. The molecule has 0 spiro atoms. The first-order valence-electron chi connectivity index (χ1n) is 5.44. The third-order valence-corrected chi connectivity index (χ3v) is 2.61. The lowest BCUT2D eigenvalue weighted by molar-refractivity contribution is -0.872. The van der Waals surface area contributed by atoms with E-state index in [4.69, 9.17) is 12.2 Å². The van der Waals surface area contributed by atoms with Crippen molar-refractivity contribution < 1.29 is 4.90 Å². The fourth-order valence-electron chi connectivity index (χ4n) is 1.45. The Morgan fingerprint density at radius 1 is 1.19 bits per heavy atom. The van der Waals surface area contributed by atoms with Gasteiger partial charge in [0.05, 0.1) is 14.1 Å². The van der Waals surface area contributed by atoms with Gasteiger partial charge in [0.2, 0.25) is 0 Å². The van der Waals surface area contributed by atoms with Gasteiger partial charge in [0.25, 0.3) is 0 Å². The molecule has 0 aliphatic carbocycles. The summed E-state index contributed by atoms with van der Waals surface area (Å²) < 4.78 is 0. The van der Waals surface area contributed by atoms with Crippen molar-refractivity contribution in [2.75, 3.05) is 21.1 Å². The molecule has 16 heavy (non-hydrogen) atoms. The molecule has 88 valence electrons. The highest BCUT2D eigenvalue weighted by molar-refractivity contribution is 7.80. The zero-order valence-corrected chi connectivity index (χ0v) is 10.9. The molecule has 1 rings (SSSR count). The van der Waals surface area contributed by atoms with Gasteiger partial charge in [0, 0.05) is 19.2 Å².